The molecular formula is C12H16FN3O4S. The van der Waals surface area contributed by atoms with Crippen molar-refractivity contribution in [2.75, 3.05) is 6.54 Å². The Balaban J connectivity index is 2.36. The molecule has 7 nitrogen and oxygen atoms in total. The second kappa shape index (κ2) is 5.66. The highest BCUT2D eigenvalue weighted by molar-refractivity contribution is 7.89. The van der Waals surface area contributed by atoms with E-state index in [1.54, 1.807) is 6.92 Å². The smallest absolute Gasteiger partial charge is 0.304 e. The van der Waals surface area contributed by atoms with Gasteiger partial charge in [0.25, 0.3) is 0 Å². The number of halogens is 1. The highest BCUT2D eigenvalue weighted by Gasteiger charge is 2.34. The van der Waals surface area contributed by atoms with Crippen LogP contribution in [-0.2, 0) is 10.0 Å². The molecule has 0 aliphatic carbocycles. The summed E-state index contributed by atoms with van der Waals surface area (Å²) in [6.07, 6.45) is 1.05. The minimum atomic E-state index is -3.88. The fraction of sp³-hybridized carbons (Fsp3) is 0.500. The molecule has 116 valence electrons. The van der Waals surface area contributed by atoms with E-state index < -0.39 is 26.5 Å². The average molecular weight is 317 g/mol. The minimum absolute atomic E-state index is 0.0555. The molecule has 0 spiro atoms. The third-order valence-electron chi connectivity index (χ3n) is 3.58. The van der Waals surface area contributed by atoms with E-state index >= 15 is 0 Å². The summed E-state index contributed by atoms with van der Waals surface area (Å²) in [4.78, 5) is 9.39. The number of piperidine rings is 1. The van der Waals surface area contributed by atoms with Crippen molar-refractivity contribution in [2.24, 2.45) is 5.73 Å². The van der Waals surface area contributed by atoms with Crippen LogP contribution in [0.4, 0.5) is 10.1 Å². The van der Waals surface area contributed by atoms with Gasteiger partial charge in [-0.25, -0.2) is 8.42 Å². The van der Waals surface area contributed by atoms with Crippen molar-refractivity contribution in [1.82, 2.24) is 4.31 Å². The van der Waals surface area contributed by atoms with E-state index in [-0.39, 0.29) is 23.5 Å². The number of rotatable bonds is 3. The third kappa shape index (κ3) is 3.04. The Hall–Kier alpha value is -1.58. The van der Waals surface area contributed by atoms with Gasteiger partial charge in [0.05, 0.1) is 9.82 Å². The zero-order valence-electron chi connectivity index (χ0n) is 11.4. The lowest BCUT2D eigenvalue weighted by atomic mass is 10.0. The largest absolute Gasteiger partial charge is 0.328 e. The number of sulfonamides is 1. The van der Waals surface area contributed by atoms with Gasteiger partial charge in [-0.2, -0.15) is 8.70 Å². The topological polar surface area (TPSA) is 107 Å². The van der Waals surface area contributed by atoms with E-state index in [2.05, 4.69) is 0 Å². The molecule has 1 aromatic carbocycles. The number of hydrogen-bond donors (Lipinski definition) is 1. The van der Waals surface area contributed by atoms with E-state index in [1.807, 2.05) is 0 Å². The van der Waals surface area contributed by atoms with Crippen LogP contribution in [0.2, 0.25) is 0 Å². The number of nitrogens with two attached hydrogens (primary N) is 1. The van der Waals surface area contributed by atoms with Crippen LogP contribution in [0, 0.1) is 15.9 Å². The predicted molar refractivity (Wildman–Crippen MR) is 73.6 cm³/mol. The van der Waals surface area contributed by atoms with Gasteiger partial charge in [-0.05, 0) is 25.8 Å². The normalized spacial score (nSPS) is 24.0. The molecule has 2 atom stereocenters. The first-order valence-electron chi connectivity index (χ1n) is 6.45. The molecule has 9 heteroatoms. The number of nitrogens with zero attached hydrogens (tertiary/aromatic N) is 2. The van der Waals surface area contributed by atoms with Crippen LogP contribution in [-0.4, -0.2) is 36.3 Å². The van der Waals surface area contributed by atoms with Gasteiger partial charge < -0.3 is 5.73 Å². The van der Waals surface area contributed by atoms with Crippen molar-refractivity contribution in [3.05, 3.63) is 34.1 Å². The molecule has 21 heavy (non-hydrogen) atoms. The molecular weight excluding hydrogens is 301 g/mol. The van der Waals surface area contributed by atoms with E-state index in [0.717, 1.165) is 12.1 Å². The highest BCUT2D eigenvalue weighted by Crippen LogP contribution is 2.27. The maximum absolute atomic E-state index is 13.6. The fourth-order valence-electron chi connectivity index (χ4n) is 2.48. The third-order valence-corrected chi connectivity index (χ3v) is 5.59. The Morgan fingerprint density at radius 1 is 1.48 bits per heavy atom. The lowest BCUT2D eigenvalue weighted by Gasteiger charge is -2.35. The molecule has 0 amide bonds. The van der Waals surface area contributed by atoms with Gasteiger partial charge in [0.1, 0.15) is 0 Å². The van der Waals surface area contributed by atoms with Gasteiger partial charge in [-0.1, -0.05) is 0 Å². The molecule has 1 fully saturated rings. The summed E-state index contributed by atoms with van der Waals surface area (Å²) < 4.78 is 39.8. The Morgan fingerprint density at radius 2 is 2.14 bits per heavy atom. The molecule has 1 aliphatic heterocycles. The molecule has 1 saturated heterocycles. The Kier molecular flexibility index (Phi) is 4.26. The molecule has 1 aromatic rings. The van der Waals surface area contributed by atoms with Crippen molar-refractivity contribution in [1.29, 1.82) is 0 Å². The average Bonchev–Trinajstić information content (AvgIpc) is 2.37. The molecule has 0 bridgehead atoms. The number of benzene rings is 1. The maximum atomic E-state index is 13.6. The van der Waals surface area contributed by atoms with Gasteiger partial charge in [-0.3, -0.25) is 10.1 Å². The van der Waals surface area contributed by atoms with Crippen LogP contribution in [0.5, 0.6) is 0 Å². The van der Waals surface area contributed by atoms with E-state index in [0.29, 0.717) is 18.9 Å². The molecule has 2 rings (SSSR count). The molecule has 2 N–H and O–H groups in total. The van der Waals surface area contributed by atoms with Gasteiger partial charge in [0.2, 0.25) is 15.8 Å². The van der Waals surface area contributed by atoms with Crippen LogP contribution >= 0.6 is 0 Å². The van der Waals surface area contributed by atoms with Crippen molar-refractivity contribution in [2.45, 2.75) is 36.7 Å². The van der Waals surface area contributed by atoms with Gasteiger partial charge >= 0.3 is 5.69 Å². The second-order valence-corrected chi connectivity index (χ2v) is 7.01. The Morgan fingerprint density at radius 3 is 2.67 bits per heavy atom. The first kappa shape index (κ1) is 15.8. The molecule has 1 aliphatic rings. The van der Waals surface area contributed by atoms with Crippen LogP contribution in [0.3, 0.4) is 0 Å². The number of nitro benzene ring substituents is 1. The van der Waals surface area contributed by atoms with Crippen LogP contribution in [0.25, 0.3) is 0 Å². The molecule has 0 saturated carbocycles. The first-order valence-corrected chi connectivity index (χ1v) is 7.89. The second-order valence-electron chi connectivity index (χ2n) is 5.12. The van der Waals surface area contributed by atoms with Crippen molar-refractivity contribution in [3.63, 3.8) is 0 Å². The van der Waals surface area contributed by atoms with E-state index in [1.165, 1.54) is 4.31 Å². The van der Waals surface area contributed by atoms with Crippen molar-refractivity contribution < 1.29 is 17.7 Å². The van der Waals surface area contributed by atoms with Crippen LogP contribution in [0.15, 0.2) is 23.1 Å². The van der Waals surface area contributed by atoms with Crippen LogP contribution in [0.1, 0.15) is 19.8 Å². The molecule has 0 aromatic heterocycles. The summed E-state index contributed by atoms with van der Waals surface area (Å²) in [6.45, 7) is 1.99. The summed E-state index contributed by atoms with van der Waals surface area (Å²) in [5, 5.41) is 10.6. The summed E-state index contributed by atoms with van der Waals surface area (Å²) in [5.41, 5.74) is 5.04. The molecule has 2 unspecified atom stereocenters. The summed E-state index contributed by atoms with van der Waals surface area (Å²) in [5.74, 6) is -1.16. The standard InChI is InChI=1S/C12H16FN3O4S/c1-8-6-9(14)4-5-15(8)21(19,20)10-2-3-12(16(17)18)11(13)7-10/h2-3,7-9H,4-6,14H2,1H3. The Labute approximate surface area is 121 Å². The van der Waals surface area contributed by atoms with E-state index in [9.17, 15) is 22.9 Å². The van der Waals surface area contributed by atoms with Gasteiger partial charge in [0.15, 0.2) is 0 Å². The van der Waals surface area contributed by atoms with Crippen molar-refractivity contribution in [3.8, 4) is 0 Å². The van der Waals surface area contributed by atoms with Gasteiger partial charge in [0, 0.05) is 30.8 Å². The first-order chi connectivity index (χ1) is 9.73. The maximum Gasteiger partial charge on any atom is 0.304 e. The molecule has 1 heterocycles. The Bertz CT molecular complexity index is 664. The summed E-state index contributed by atoms with van der Waals surface area (Å²) in [6, 6.07) is 2.26. The highest BCUT2D eigenvalue weighted by atomic mass is 32.2. The predicted octanol–water partition coefficient (Wildman–Crippen LogP) is 1.23. The lowest BCUT2D eigenvalue weighted by Crippen LogP contribution is -2.48. The van der Waals surface area contributed by atoms with Crippen LogP contribution < -0.4 is 5.73 Å². The number of hydrogen-bond acceptors (Lipinski definition) is 5. The minimum Gasteiger partial charge on any atom is -0.328 e. The van der Waals surface area contributed by atoms with Gasteiger partial charge in [-0.15, -0.1) is 0 Å². The summed E-state index contributed by atoms with van der Waals surface area (Å²) in [7, 11) is -3.88. The fourth-order valence-corrected chi connectivity index (χ4v) is 4.14. The number of nitro groups is 1. The summed E-state index contributed by atoms with van der Waals surface area (Å²) >= 11 is 0. The van der Waals surface area contributed by atoms with Crippen molar-refractivity contribution >= 4 is 15.7 Å². The zero-order valence-corrected chi connectivity index (χ0v) is 12.2. The lowest BCUT2D eigenvalue weighted by molar-refractivity contribution is -0.387. The van der Waals surface area contributed by atoms with E-state index in [4.69, 9.17) is 5.73 Å². The molecule has 0 radical (unpaired) electrons. The SMILES string of the molecule is CC1CC(N)CCN1S(=O)(=O)c1ccc([N+](=O)[O-])c(F)c1. The zero-order chi connectivity index (χ0) is 15.8. The monoisotopic (exact) mass is 317 g/mol. The quantitative estimate of drug-likeness (QED) is 0.666.